The number of aliphatic hydroxyl groups is 1. The molecule has 0 spiro atoms. The summed E-state index contributed by atoms with van der Waals surface area (Å²) in [5, 5.41) is 13.4. The predicted molar refractivity (Wildman–Crippen MR) is 111 cm³/mol. The molecule has 0 saturated heterocycles. The van der Waals surface area contributed by atoms with E-state index in [1.165, 1.54) is 0 Å². The van der Waals surface area contributed by atoms with Crippen molar-refractivity contribution in [1.82, 2.24) is 9.97 Å². The van der Waals surface area contributed by atoms with E-state index in [4.69, 9.17) is 23.2 Å². The van der Waals surface area contributed by atoms with Crippen LogP contribution in [-0.2, 0) is 0 Å². The Kier molecular flexibility index (Phi) is 6.34. The van der Waals surface area contributed by atoms with Crippen LogP contribution in [0.3, 0.4) is 0 Å². The van der Waals surface area contributed by atoms with E-state index in [0.717, 1.165) is 11.3 Å². The van der Waals surface area contributed by atoms with E-state index in [-0.39, 0.29) is 12.6 Å². The van der Waals surface area contributed by atoms with Gasteiger partial charge in [0.05, 0.1) is 23.0 Å². The number of aromatic nitrogens is 2. The molecular weight excluding hydrogens is 385 g/mol. The van der Waals surface area contributed by atoms with E-state index >= 15 is 0 Å². The van der Waals surface area contributed by atoms with Crippen LogP contribution in [-0.4, -0.2) is 27.7 Å². The number of hydrogen-bond donors (Lipinski definition) is 4. The zero-order valence-electron chi connectivity index (χ0n) is 14.6. The molecule has 1 heterocycles. The van der Waals surface area contributed by atoms with Crippen molar-refractivity contribution in [2.24, 2.45) is 0 Å². The number of halogens is 2. The molecule has 0 aliphatic carbocycles. The lowest BCUT2D eigenvalue weighted by Gasteiger charge is -2.15. The Morgan fingerprint density at radius 2 is 1.78 bits per heavy atom. The molecule has 0 amide bonds. The highest BCUT2D eigenvalue weighted by Gasteiger charge is 2.09. The Bertz CT molecular complexity index is 908. The SMILES string of the molecule is C[C@@H](CO)Nc1nc(NNc2ccc(Cl)cc2Cl)cc(-c2ccccc2)n1. The van der Waals surface area contributed by atoms with Crippen molar-refractivity contribution in [3.05, 3.63) is 64.6 Å². The number of hydrogen-bond acceptors (Lipinski definition) is 6. The second kappa shape index (κ2) is 8.90. The maximum absolute atomic E-state index is 9.29. The molecule has 27 heavy (non-hydrogen) atoms. The van der Waals surface area contributed by atoms with Gasteiger partial charge in [-0.15, -0.1) is 0 Å². The first-order valence-electron chi connectivity index (χ1n) is 8.34. The van der Waals surface area contributed by atoms with Crippen molar-refractivity contribution in [3.8, 4) is 11.3 Å². The minimum Gasteiger partial charge on any atom is -0.394 e. The highest BCUT2D eigenvalue weighted by atomic mass is 35.5. The van der Waals surface area contributed by atoms with Gasteiger partial charge in [0.25, 0.3) is 0 Å². The zero-order chi connectivity index (χ0) is 19.2. The van der Waals surface area contributed by atoms with Crippen molar-refractivity contribution >= 4 is 40.7 Å². The third-order valence-corrected chi connectivity index (χ3v) is 4.25. The second-order valence-electron chi connectivity index (χ2n) is 5.93. The minimum absolute atomic E-state index is 0.0275. The minimum atomic E-state index is -0.178. The third-order valence-electron chi connectivity index (χ3n) is 3.70. The summed E-state index contributed by atoms with van der Waals surface area (Å²) < 4.78 is 0. The van der Waals surface area contributed by atoms with Gasteiger partial charge in [-0.3, -0.25) is 10.9 Å². The monoisotopic (exact) mass is 403 g/mol. The van der Waals surface area contributed by atoms with Gasteiger partial charge in [0.2, 0.25) is 5.95 Å². The van der Waals surface area contributed by atoms with Gasteiger partial charge in [-0.05, 0) is 25.1 Å². The van der Waals surface area contributed by atoms with Crippen LogP contribution in [0.25, 0.3) is 11.3 Å². The number of benzene rings is 2. The summed E-state index contributed by atoms with van der Waals surface area (Å²) in [4.78, 5) is 8.96. The summed E-state index contributed by atoms with van der Waals surface area (Å²) >= 11 is 12.1. The van der Waals surface area contributed by atoms with Crippen LogP contribution in [0.4, 0.5) is 17.5 Å². The largest absolute Gasteiger partial charge is 0.394 e. The van der Waals surface area contributed by atoms with Gasteiger partial charge in [-0.2, -0.15) is 4.98 Å². The molecule has 0 saturated carbocycles. The maximum atomic E-state index is 9.29. The van der Waals surface area contributed by atoms with Gasteiger partial charge >= 0.3 is 0 Å². The molecule has 1 atom stereocenters. The molecule has 2 aromatic carbocycles. The van der Waals surface area contributed by atoms with Crippen molar-refractivity contribution in [2.75, 3.05) is 22.8 Å². The van der Waals surface area contributed by atoms with E-state index < -0.39 is 0 Å². The molecule has 0 fully saturated rings. The Morgan fingerprint density at radius 1 is 1.00 bits per heavy atom. The van der Waals surface area contributed by atoms with Gasteiger partial charge in [-0.1, -0.05) is 53.5 Å². The molecule has 3 rings (SSSR count). The van der Waals surface area contributed by atoms with Crippen LogP contribution in [0, 0.1) is 0 Å². The Balaban J connectivity index is 1.87. The molecule has 140 valence electrons. The topological polar surface area (TPSA) is 82.1 Å². The molecule has 4 N–H and O–H groups in total. The summed E-state index contributed by atoms with van der Waals surface area (Å²) in [5.41, 5.74) is 8.41. The molecule has 0 aliphatic heterocycles. The Hall–Kier alpha value is -2.54. The van der Waals surface area contributed by atoms with Gasteiger partial charge in [0, 0.05) is 22.7 Å². The standard InChI is InChI=1S/C19H19Cl2N5O/c1-12(11-27)22-19-23-17(13-5-3-2-4-6-13)10-18(24-19)26-25-16-8-7-14(20)9-15(16)21/h2-10,12,25,27H,11H2,1H3,(H2,22,23,24,26)/t12-/m0/s1. The van der Waals surface area contributed by atoms with E-state index in [9.17, 15) is 5.11 Å². The highest BCUT2D eigenvalue weighted by molar-refractivity contribution is 6.36. The molecule has 3 aromatic rings. The van der Waals surface area contributed by atoms with Crippen LogP contribution >= 0.6 is 23.2 Å². The first kappa shape index (κ1) is 19.2. The van der Waals surface area contributed by atoms with Crippen LogP contribution in [0.2, 0.25) is 10.0 Å². The summed E-state index contributed by atoms with van der Waals surface area (Å²) in [6.07, 6.45) is 0. The summed E-state index contributed by atoms with van der Waals surface area (Å²) in [6.45, 7) is 1.82. The number of rotatable bonds is 7. The van der Waals surface area contributed by atoms with Crippen LogP contribution in [0.1, 0.15) is 6.92 Å². The number of nitrogens with one attached hydrogen (secondary N) is 3. The quantitative estimate of drug-likeness (QED) is 0.428. The molecule has 8 heteroatoms. The Morgan fingerprint density at radius 3 is 2.48 bits per heavy atom. The molecule has 0 bridgehead atoms. The first-order valence-corrected chi connectivity index (χ1v) is 9.09. The molecule has 1 aromatic heterocycles. The van der Waals surface area contributed by atoms with Crippen molar-refractivity contribution in [3.63, 3.8) is 0 Å². The smallest absolute Gasteiger partial charge is 0.225 e. The molecule has 0 unspecified atom stereocenters. The summed E-state index contributed by atoms with van der Waals surface area (Å²) in [5.74, 6) is 0.951. The number of aliphatic hydroxyl groups excluding tert-OH is 1. The van der Waals surface area contributed by atoms with E-state index in [1.54, 1.807) is 18.2 Å². The summed E-state index contributed by atoms with van der Waals surface area (Å²) in [6, 6.07) is 16.6. The van der Waals surface area contributed by atoms with E-state index in [0.29, 0.717) is 27.5 Å². The normalized spacial score (nSPS) is 11.7. The average molecular weight is 404 g/mol. The predicted octanol–water partition coefficient (Wildman–Crippen LogP) is 4.68. The molecule has 0 aliphatic rings. The molecular formula is C19H19Cl2N5O. The molecule has 6 nitrogen and oxygen atoms in total. The first-order chi connectivity index (χ1) is 13.0. The lowest BCUT2D eigenvalue weighted by molar-refractivity contribution is 0.281. The van der Waals surface area contributed by atoms with Crippen molar-refractivity contribution < 1.29 is 5.11 Å². The van der Waals surface area contributed by atoms with Crippen molar-refractivity contribution in [2.45, 2.75) is 13.0 Å². The van der Waals surface area contributed by atoms with Crippen LogP contribution in [0.5, 0.6) is 0 Å². The Labute approximate surface area is 167 Å². The van der Waals surface area contributed by atoms with E-state index in [2.05, 4.69) is 26.1 Å². The second-order valence-corrected chi connectivity index (χ2v) is 6.77. The van der Waals surface area contributed by atoms with Gasteiger partial charge < -0.3 is 10.4 Å². The highest BCUT2D eigenvalue weighted by Crippen LogP contribution is 2.26. The fraction of sp³-hybridized carbons (Fsp3) is 0.158. The summed E-state index contributed by atoms with van der Waals surface area (Å²) in [7, 11) is 0. The number of anilines is 3. The third kappa shape index (κ3) is 5.23. The average Bonchev–Trinajstić information content (AvgIpc) is 2.67. The fourth-order valence-electron chi connectivity index (χ4n) is 2.32. The number of hydrazine groups is 1. The van der Waals surface area contributed by atoms with Crippen LogP contribution < -0.4 is 16.2 Å². The van der Waals surface area contributed by atoms with E-state index in [1.807, 2.05) is 43.3 Å². The van der Waals surface area contributed by atoms with Gasteiger partial charge in [0.1, 0.15) is 0 Å². The van der Waals surface area contributed by atoms with Gasteiger partial charge in [0.15, 0.2) is 5.82 Å². The zero-order valence-corrected chi connectivity index (χ0v) is 16.1. The lowest BCUT2D eigenvalue weighted by atomic mass is 10.1. The maximum Gasteiger partial charge on any atom is 0.225 e. The fourth-order valence-corrected chi connectivity index (χ4v) is 2.78. The van der Waals surface area contributed by atoms with Gasteiger partial charge in [-0.25, -0.2) is 4.98 Å². The lowest BCUT2D eigenvalue weighted by Crippen LogP contribution is -2.21. The van der Waals surface area contributed by atoms with Crippen LogP contribution in [0.15, 0.2) is 54.6 Å². The number of nitrogens with zero attached hydrogens (tertiary/aromatic N) is 2. The van der Waals surface area contributed by atoms with Crippen molar-refractivity contribution in [1.29, 1.82) is 0 Å². The molecule has 0 radical (unpaired) electrons.